The third kappa shape index (κ3) is 3.77. The van der Waals surface area contributed by atoms with E-state index in [9.17, 15) is 4.79 Å². The Labute approximate surface area is 164 Å². The lowest BCUT2D eigenvalue weighted by molar-refractivity contribution is -0.119. The number of amidine groups is 1. The molecule has 1 amide bonds. The van der Waals surface area contributed by atoms with E-state index in [1.54, 1.807) is 0 Å². The molecule has 0 saturated carbocycles. The molecule has 0 spiro atoms. The average Bonchev–Trinajstić information content (AvgIpc) is 3.30. The number of fused-ring (bicyclic) bond motifs is 3. The van der Waals surface area contributed by atoms with E-state index in [4.69, 9.17) is 0 Å². The van der Waals surface area contributed by atoms with E-state index in [2.05, 4.69) is 68.6 Å². The predicted octanol–water partition coefficient (Wildman–Crippen LogP) is 1.94. The molecule has 7 nitrogen and oxygen atoms in total. The van der Waals surface area contributed by atoms with Crippen LogP contribution in [0.2, 0.25) is 0 Å². The number of amides is 1. The van der Waals surface area contributed by atoms with Crippen molar-refractivity contribution in [2.45, 2.75) is 51.0 Å². The Morgan fingerprint density at radius 1 is 1.37 bits per heavy atom. The zero-order chi connectivity index (χ0) is 18.8. The van der Waals surface area contributed by atoms with Crippen LogP contribution < -0.4 is 16.2 Å². The first kappa shape index (κ1) is 18.2. The summed E-state index contributed by atoms with van der Waals surface area (Å²) >= 11 is 1.47. The molecule has 3 heterocycles. The van der Waals surface area contributed by atoms with E-state index >= 15 is 0 Å². The first-order valence-electron chi connectivity index (χ1n) is 9.47. The summed E-state index contributed by atoms with van der Waals surface area (Å²) in [5.74, 6) is 0.427. The van der Waals surface area contributed by atoms with Gasteiger partial charge in [-0.25, -0.2) is 5.43 Å². The number of thioether (sulfide) groups is 1. The summed E-state index contributed by atoms with van der Waals surface area (Å²) in [7, 11) is 0. The van der Waals surface area contributed by atoms with Gasteiger partial charge in [0, 0.05) is 18.4 Å². The van der Waals surface area contributed by atoms with Crippen molar-refractivity contribution < 1.29 is 4.79 Å². The number of carbonyl (C=O) groups excluding carboxylic acids is 1. The number of benzene rings is 1. The van der Waals surface area contributed by atoms with Crippen molar-refractivity contribution >= 4 is 22.8 Å². The Bertz CT molecular complexity index is 739. The van der Waals surface area contributed by atoms with Crippen LogP contribution >= 0.6 is 11.8 Å². The maximum Gasteiger partial charge on any atom is 0.230 e. The summed E-state index contributed by atoms with van der Waals surface area (Å²) in [5.41, 5.74) is 8.12. The maximum atomic E-state index is 12.0. The van der Waals surface area contributed by atoms with Gasteiger partial charge < -0.3 is 15.2 Å². The van der Waals surface area contributed by atoms with E-state index in [0.717, 1.165) is 18.0 Å². The van der Waals surface area contributed by atoms with Gasteiger partial charge in [0.15, 0.2) is 5.17 Å². The fraction of sp³-hybridized carbons (Fsp3) is 0.474. The van der Waals surface area contributed by atoms with Gasteiger partial charge in [-0.05, 0) is 25.3 Å². The third-order valence-electron chi connectivity index (χ3n) is 5.26. The summed E-state index contributed by atoms with van der Waals surface area (Å²) in [4.78, 5) is 14.2. The Morgan fingerprint density at radius 2 is 2.19 bits per heavy atom. The molecule has 3 N–H and O–H groups in total. The predicted molar refractivity (Wildman–Crippen MR) is 108 cm³/mol. The molecule has 1 aromatic carbocycles. The SMILES string of the molecule is CC[C@H](C)NC(=O)CSC1=NNC2C3CC(c4ccccc4)NN3C=CN12. The molecule has 0 aromatic heterocycles. The Hall–Kier alpha value is -2.19. The second kappa shape index (κ2) is 7.82. The summed E-state index contributed by atoms with van der Waals surface area (Å²) in [6, 6.07) is 11.3. The highest BCUT2D eigenvalue weighted by molar-refractivity contribution is 8.14. The second-order valence-electron chi connectivity index (χ2n) is 7.14. The molecule has 3 aliphatic heterocycles. The van der Waals surface area contributed by atoms with Gasteiger partial charge in [0.1, 0.15) is 6.17 Å². The van der Waals surface area contributed by atoms with Gasteiger partial charge >= 0.3 is 0 Å². The monoisotopic (exact) mass is 386 g/mol. The highest BCUT2D eigenvalue weighted by Gasteiger charge is 2.44. The third-order valence-corrected chi connectivity index (χ3v) is 6.23. The molecule has 4 rings (SSSR count). The van der Waals surface area contributed by atoms with Crippen molar-refractivity contribution in [3.63, 3.8) is 0 Å². The maximum absolute atomic E-state index is 12.0. The summed E-state index contributed by atoms with van der Waals surface area (Å²) in [6.45, 7) is 4.09. The zero-order valence-corrected chi connectivity index (χ0v) is 16.4. The van der Waals surface area contributed by atoms with Crippen LogP contribution in [-0.2, 0) is 4.79 Å². The zero-order valence-electron chi connectivity index (χ0n) is 15.6. The van der Waals surface area contributed by atoms with E-state index in [0.29, 0.717) is 11.8 Å². The number of hydrogen-bond acceptors (Lipinski definition) is 7. The van der Waals surface area contributed by atoms with Gasteiger partial charge in [0.25, 0.3) is 0 Å². The molecule has 0 aliphatic carbocycles. The number of rotatable bonds is 5. The average molecular weight is 387 g/mol. The molecular weight excluding hydrogens is 360 g/mol. The quantitative estimate of drug-likeness (QED) is 0.718. The van der Waals surface area contributed by atoms with Gasteiger partial charge in [-0.1, -0.05) is 49.0 Å². The molecule has 3 aliphatic rings. The van der Waals surface area contributed by atoms with Crippen LogP contribution in [-0.4, -0.2) is 45.0 Å². The molecule has 4 atom stereocenters. The molecule has 3 unspecified atom stereocenters. The first-order valence-corrected chi connectivity index (χ1v) is 10.5. The minimum atomic E-state index is 0.0507. The smallest absolute Gasteiger partial charge is 0.230 e. The molecule has 0 radical (unpaired) electrons. The van der Waals surface area contributed by atoms with Crippen molar-refractivity contribution in [3.8, 4) is 0 Å². The van der Waals surface area contributed by atoms with Crippen LogP contribution in [0, 0.1) is 0 Å². The summed E-state index contributed by atoms with van der Waals surface area (Å²) < 4.78 is 0. The molecule has 144 valence electrons. The van der Waals surface area contributed by atoms with Crippen molar-refractivity contribution in [1.82, 2.24) is 26.1 Å². The fourth-order valence-corrected chi connectivity index (χ4v) is 4.39. The van der Waals surface area contributed by atoms with Gasteiger partial charge in [-0.15, -0.1) is 0 Å². The van der Waals surface area contributed by atoms with E-state index in [1.807, 2.05) is 19.2 Å². The standard InChI is InChI=1S/C19H26N6OS/c1-3-13(2)20-17(26)12-27-19-22-21-18-16-11-15(14-7-5-4-6-8-14)23-25(16)10-9-24(18)19/h4-10,13,15-16,18,21,23H,3,11-12H2,1-2H3,(H,20,26)/t13-,15?,16?,18?/m0/s1. The van der Waals surface area contributed by atoms with E-state index in [1.165, 1.54) is 17.3 Å². The van der Waals surface area contributed by atoms with Gasteiger partial charge in [-0.2, -0.15) is 5.10 Å². The molecule has 1 aromatic rings. The summed E-state index contributed by atoms with van der Waals surface area (Å²) in [6.07, 6.45) is 6.09. The highest BCUT2D eigenvalue weighted by Crippen LogP contribution is 2.34. The van der Waals surface area contributed by atoms with Gasteiger partial charge in [-0.3, -0.25) is 10.2 Å². The number of nitrogens with zero attached hydrogens (tertiary/aromatic N) is 3. The minimum Gasteiger partial charge on any atom is -0.353 e. The van der Waals surface area contributed by atoms with Crippen LogP contribution in [0.4, 0.5) is 0 Å². The lowest BCUT2D eigenvalue weighted by Crippen LogP contribution is -2.54. The van der Waals surface area contributed by atoms with Crippen molar-refractivity contribution in [3.05, 3.63) is 48.3 Å². The molecule has 1 fully saturated rings. The van der Waals surface area contributed by atoms with Crippen LogP contribution in [0.15, 0.2) is 47.8 Å². The van der Waals surface area contributed by atoms with Crippen molar-refractivity contribution in [2.75, 3.05) is 5.75 Å². The fourth-order valence-electron chi connectivity index (χ4n) is 3.60. The van der Waals surface area contributed by atoms with Crippen LogP contribution in [0.5, 0.6) is 0 Å². The van der Waals surface area contributed by atoms with E-state index < -0.39 is 0 Å². The molecular formula is C19H26N6OS. The molecule has 1 saturated heterocycles. The number of hydrogen-bond donors (Lipinski definition) is 3. The lowest BCUT2D eigenvalue weighted by Gasteiger charge is -2.36. The number of hydrazone groups is 1. The van der Waals surface area contributed by atoms with Gasteiger partial charge in [0.2, 0.25) is 5.91 Å². The number of hydrazine groups is 1. The Balaban J connectivity index is 1.36. The lowest BCUT2D eigenvalue weighted by atomic mass is 10.00. The summed E-state index contributed by atoms with van der Waals surface area (Å²) in [5, 5.41) is 10.5. The largest absolute Gasteiger partial charge is 0.353 e. The number of nitrogens with one attached hydrogen (secondary N) is 3. The Morgan fingerprint density at radius 3 is 2.96 bits per heavy atom. The van der Waals surface area contributed by atoms with Crippen molar-refractivity contribution in [2.24, 2.45) is 5.10 Å². The molecule has 0 bridgehead atoms. The topological polar surface area (TPSA) is 72.0 Å². The first-order chi connectivity index (χ1) is 13.2. The van der Waals surface area contributed by atoms with Crippen LogP contribution in [0.3, 0.4) is 0 Å². The normalized spacial score (nSPS) is 26.9. The minimum absolute atomic E-state index is 0.0507. The van der Waals surface area contributed by atoms with E-state index in [-0.39, 0.29) is 24.2 Å². The molecule has 27 heavy (non-hydrogen) atoms. The molecule has 8 heteroatoms. The Kier molecular flexibility index (Phi) is 5.27. The van der Waals surface area contributed by atoms with Crippen molar-refractivity contribution in [1.29, 1.82) is 0 Å². The van der Waals surface area contributed by atoms with Crippen LogP contribution in [0.1, 0.15) is 38.3 Å². The second-order valence-corrected chi connectivity index (χ2v) is 8.08. The van der Waals surface area contributed by atoms with Gasteiger partial charge in [0.05, 0.1) is 17.8 Å². The van der Waals surface area contributed by atoms with Crippen LogP contribution in [0.25, 0.3) is 0 Å². The number of carbonyl (C=O) groups is 1. The highest BCUT2D eigenvalue weighted by atomic mass is 32.2.